The number of hydrogen-bond donors (Lipinski definition) is 0. The molecule has 386 valence electrons. The zero-order valence-corrected chi connectivity index (χ0v) is 46.2. The molecule has 0 saturated carbocycles. The second-order valence-corrected chi connectivity index (χ2v) is 24.4. The molecule has 0 unspecified atom stereocenters. The summed E-state index contributed by atoms with van der Waals surface area (Å²) in [4.78, 5) is 4.92. The van der Waals surface area contributed by atoms with Crippen LogP contribution in [0.3, 0.4) is 0 Å². The van der Waals surface area contributed by atoms with Crippen LogP contribution in [-0.4, -0.2) is 0 Å². The van der Waals surface area contributed by atoms with Crippen LogP contribution in [0.2, 0.25) is 0 Å². The predicted octanol–water partition coefficient (Wildman–Crippen LogP) is 21.7. The van der Waals surface area contributed by atoms with Gasteiger partial charge >= 0.3 is 0 Å². The fourth-order valence-electron chi connectivity index (χ4n) is 14.9. The van der Waals surface area contributed by atoms with Gasteiger partial charge in [0.2, 0.25) is 0 Å². The topological polar surface area (TPSA) is 32.8 Å². The van der Waals surface area contributed by atoms with E-state index in [9.17, 15) is 0 Å². The molecule has 2 heterocycles. The Bertz CT molecular complexity index is 5060. The molecule has 0 saturated heterocycles. The summed E-state index contributed by atoms with van der Waals surface area (Å²) in [7, 11) is 0. The average Bonchev–Trinajstić information content (AvgIpc) is 4.34. The molecule has 0 fully saturated rings. The number of para-hydroxylation sites is 2. The Morgan fingerprint density at radius 1 is 0.247 bits per heavy atom. The van der Waals surface area contributed by atoms with Gasteiger partial charge in [-0.2, -0.15) is 0 Å². The maximum atomic E-state index is 6.41. The molecular weight excluding hydrogens is 985 g/mol. The van der Waals surface area contributed by atoms with Crippen molar-refractivity contribution in [2.45, 2.75) is 57.8 Å². The normalized spacial score (nSPS) is 14.8. The summed E-state index contributed by atoms with van der Waals surface area (Å²) in [6.45, 7) is 14.3. The van der Waals surface area contributed by atoms with Crippen LogP contribution >= 0.6 is 0 Å². The van der Waals surface area contributed by atoms with Crippen LogP contribution in [-0.2, 0) is 16.2 Å². The van der Waals surface area contributed by atoms with Crippen molar-refractivity contribution in [3.63, 3.8) is 0 Å². The van der Waals surface area contributed by atoms with E-state index in [1.54, 1.807) is 0 Å². The molecule has 0 spiro atoms. The van der Waals surface area contributed by atoms with E-state index < -0.39 is 0 Å². The van der Waals surface area contributed by atoms with Crippen molar-refractivity contribution in [2.24, 2.45) is 0 Å². The van der Waals surface area contributed by atoms with E-state index in [1.807, 2.05) is 12.1 Å². The van der Waals surface area contributed by atoms with Crippen LogP contribution in [0.5, 0.6) is 0 Å². The molecule has 0 aliphatic heterocycles. The second-order valence-electron chi connectivity index (χ2n) is 24.4. The molecule has 0 atom stereocenters. The van der Waals surface area contributed by atoms with E-state index in [0.29, 0.717) is 0 Å². The zero-order chi connectivity index (χ0) is 54.3. The Kier molecular flexibility index (Phi) is 9.28. The summed E-state index contributed by atoms with van der Waals surface area (Å²) in [6.07, 6.45) is 0. The van der Waals surface area contributed by atoms with E-state index >= 15 is 0 Å². The quantitative estimate of drug-likeness (QED) is 0.155. The van der Waals surface area contributed by atoms with Gasteiger partial charge in [0.15, 0.2) is 0 Å². The van der Waals surface area contributed by atoms with Gasteiger partial charge in [-0.25, -0.2) is 0 Å². The van der Waals surface area contributed by atoms with Gasteiger partial charge in [0.05, 0.1) is 0 Å². The summed E-state index contributed by atoms with van der Waals surface area (Å²) >= 11 is 0. The Balaban J connectivity index is 0.835. The predicted molar refractivity (Wildman–Crippen MR) is 338 cm³/mol. The highest BCUT2D eigenvalue weighted by atomic mass is 16.3. The molecule has 14 aromatic rings. The number of hydrogen-bond acceptors (Lipinski definition) is 4. The van der Waals surface area contributed by atoms with Crippen molar-refractivity contribution in [1.29, 1.82) is 0 Å². The minimum Gasteiger partial charge on any atom is -0.456 e. The molecule has 3 aliphatic carbocycles. The molecule has 2 aromatic heterocycles. The maximum absolute atomic E-state index is 6.41. The zero-order valence-electron chi connectivity index (χ0n) is 46.2. The number of anilines is 6. The fourth-order valence-corrected chi connectivity index (χ4v) is 14.9. The summed E-state index contributed by atoms with van der Waals surface area (Å²) in [5, 5.41) is 9.45. The third-order valence-electron chi connectivity index (χ3n) is 19.0. The number of rotatable bonds is 6. The minimum atomic E-state index is -0.343. The van der Waals surface area contributed by atoms with Gasteiger partial charge in [0.25, 0.3) is 0 Å². The Labute approximate surface area is 470 Å². The van der Waals surface area contributed by atoms with Crippen LogP contribution in [0.25, 0.3) is 98.8 Å². The van der Waals surface area contributed by atoms with Gasteiger partial charge < -0.3 is 18.6 Å². The number of nitrogens with zero attached hydrogens (tertiary/aromatic N) is 2. The molecule has 0 N–H and O–H groups in total. The van der Waals surface area contributed by atoms with E-state index in [0.717, 1.165) is 78.0 Å². The van der Waals surface area contributed by atoms with Crippen LogP contribution in [0.1, 0.15) is 74.9 Å². The summed E-state index contributed by atoms with van der Waals surface area (Å²) in [6, 6.07) is 85.9. The van der Waals surface area contributed by atoms with Crippen LogP contribution in [0.15, 0.2) is 239 Å². The Morgan fingerprint density at radius 2 is 0.605 bits per heavy atom. The summed E-state index contributed by atoms with van der Waals surface area (Å²) in [5.74, 6) is 0. The van der Waals surface area contributed by atoms with Crippen molar-refractivity contribution in [1.82, 2.24) is 0 Å². The van der Waals surface area contributed by atoms with Gasteiger partial charge in [0, 0.05) is 71.9 Å². The molecular formula is C77H56N2O2. The molecule has 12 aromatic carbocycles. The molecule has 0 bridgehead atoms. The van der Waals surface area contributed by atoms with E-state index in [-0.39, 0.29) is 16.2 Å². The fraction of sp³-hybridized carbons (Fsp3) is 0.117. The largest absolute Gasteiger partial charge is 0.456 e. The van der Waals surface area contributed by atoms with Crippen molar-refractivity contribution in [2.75, 3.05) is 9.80 Å². The number of furan rings is 2. The van der Waals surface area contributed by atoms with Gasteiger partial charge in [-0.15, -0.1) is 0 Å². The molecule has 81 heavy (non-hydrogen) atoms. The highest BCUT2D eigenvalue weighted by molar-refractivity contribution is 6.18. The highest BCUT2D eigenvalue weighted by Crippen LogP contribution is 2.56. The van der Waals surface area contributed by atoms with Crippen molar-refractivity contribution in [3.05, 3.63) is 264 Å². The number of fused-ring (bicyclic) bond motifs is 16. The molecule has 4 heteroatoms. The molecule has 3 aliphatic rings. The van der Waals surface area contributed by atoms with E-state index in [4.69, 9.17) is 8.83 Å². The highest BCUT2D eigenvalue weighted by Gasteiger charge is 2.39. The van der Waals surface area contributed by atoms with Gasteiger partial charge in [-0.1, -0.05) is 169 Å². The Hall–Kier alpha value is -9.64. The lowest BCUT2D eigenvalue weighted by atomic mass is 9.68. The van der Waals surface area contributed by atoms with Gasteiger partial charge in [-0.3, -0.25) is 0 Å². The van der Waals surface area contributed by atoms with Crippen LogP contribution < -0.4 is 9.80 Å². The third-order valence-corrected chi connectivity index (χ3v) is 19.0. The first-order valence-electron chi connectivity index (χ1n) is 28.5. The monoisotopic (exact) mass is 1040 g/mol. The first kappa shape index (κ1) is 46.3. The van der Waals surface area contributed by atoms with Gasteiger partial charge in [-0.05, 0) is 191 Å². The van der Waals surface area contributed by atoms with E-state index in [1.165, 1.54) is 88.3 Å². The second kappa shape index (κ2) is 16.2. The summed E-state index contributed by atoms with van der Waals surface area (Å²) < 4.78 is 12.8. The first-order valence-corrected chi connectivity index (χ1v) is 28.5. The molecule has 4 nitrogen and oxygen atoms in total. The van der Waals surface area contributed by atoms with Crippen molar-refractivity contribution in [3.8, 4) is 33.4 Å². The van der Waals surface area contributed by atoms with Crippen LogP contribution in [0, 0.1) is 0 Å². The molecule has 17 rings (SSSR count). The SMILES string of the molecule is CC1(C)c2ccccc2-c2ccc(N(c3ccc4c(c3)C(C)(C)c3cccc5c3c-4cc3ccc(N(c4ccc6c(c4)C(C)(C)c4ccccc4-6)c4ccc6oc7ccccc7c6c4)cc35)c3ccc4oc5ccccc5c4c3)cc21. The molecule has 0 amide bonds. The van der Waals surface area contributed by atoms with Crippen LogP contribution in [0.4, 0.5) is 34.1 Å². The average molecular weight is 1040 g/mol. The molecule has 0 radical (unpaired) electrons. The van der Waals surface area contributed by atoms with E-state index in [2.05, 4.69) is 270 Å². The first-order chi connectivity index (χ1) is 39.4. The Morgan fingerprint density at radius 3 is 1.12 bits per heavy atom. The van der Waals surface area contributed by atoms with Crippen molar-refractivity contribution >= 4 is 99.5 Å². The summed E-state index contributed by atoms with van der Waals surface area (Å²) in [5.41, 5.74) is 25.4. The third kappa shape index (κ3) is 6.42. The lowest BCUT2D eigenvalue weighted by Crippen LogP contribution is -2.24. The smallest absolute Gasteiger partial charge is 0.135 e. The standard InChI is InChI=1S/C77H56N2O2/c1-75(2)64-21-11-7-16-52(64)54-33-28-49(42-67(54)75)78(47-31-36-72-61(40-47)57-18-9-13-24-70(57)80-72)46-27-26-45-38-63-56-35-30-51(44-69(56)77(5,6)66-23-15-20-59(74(63)66)60(45)39-46)79(48-32-37-73-62(41-48)58-19-10-14-25-71(58)81-73)50-29-34-55-53-17-8-12-22-65(53)76(3,4)68(55)43-50/h7-44H,1-6H3. The van der Waals surface area contributed by atoms with Gasteiger partial charge in [0.1, 0.15) is 22.3 Å². The maximum Gasteiger partial charge on any atom is 0.135 e. The lowest BCUT2D eigenvalue weighted by molar-refractivity contribution is 0.645. The number of benzene rings is 12. The minimum absolute atomic E-state index is 0.156. The van der Waals surface area contributed by atoms with Crippen molar-refractivity contribution < 1.29 is 8.83 Å². The lowest BCUT2D eigenvalue weighted by Gasteiger charge is -2.37.